The molecule has 0 aromatic carbocycles. The Hall–Kier alpha value is -0.530. The summed E-state index contributed by atoms with van der Waals surface area (Å²) < 4.78 is 0. The van der Waals surface area contributed by atoms with E-state index in [9.17, 15) is 0 Å². The van der Waals surface area contributed by atoms with Gasteiger partial charge in [-0.1, -0.05) is 19.8 Å². The van der Waals surface area contributed by atoms with Crippen LogP contribution in [-0.4, -0.2) is 11.8 Å². The molecule has 0 aromatic rings. The third-order valence-corrected chi connectivity index (χ3v) is 5.48. The van der Waals surface area contributed by atoms with E-state index in [1.165, 1.54) is 69.9 Å². The zero-order valence-corrected chi connectivity index (χ0v) is 11.8. The SMILES string of the molecule is CC1CCC(NN=C2CC3CCCCC3C2)CC1. The zero-order chi connectivity index (χ0) is 12.4. The molecule has 102 valence electrons. The van der Waals surface area contributed by atoms with E-state index in [0.717, 1.165) is 17.8 Å². The van der Waals surface area contributed by atoms with E-state index in [-0.39, 0.29) is 0 Å². The van der Waals surface area contributed by atoms with Crippen LogP contribution in [0.3, 0.4) is 0 Å². The van der Waals surface area contributed by atoms with Gasteiger partial charge >= 0.3 is 0 Å². The summed E-state index contributed by atoms with van der Waals surface area (Å²) in [6.07, 6.45) is 13.8. The van der Waals surface area contributed by atoms with Gasteiger partial charge in [0.25, 0.3) is 0 Å². The Morgan fingerprint density at radius 3 is 2.11 bits per heavy atom. The van der Waals surface area contributed by atoms with Gasteiger partial charge in [-0.25, -0.2) is 0 Å². The molecular weight excluding hydrogens is 220 g/mol. The lowest BCUT2D eigenvalue weighted by atomic mass is 9.82. The third-order valence-electron chi connectivity index (χ3n) is 5.48. The minimum Gasteiger partial charge on any atom is -0.307 e. The molecule has 2 nitrogen and oxygen atoms in total. The fourth-order valence-electron chi connectivity index (χ4n) is 4.17. The highest BCUT2D eigenvalue weighted by Crippen LogP contribution is 2.40. The molecule has 3 fully saturated rings. The fourth-order valence-corrected chi connectivity index (χ4v) is 4.17. The van der Waals surface area contributed by atoms with Gasteiger partial charge < -0.3 is 5.43 Å². The first-order valence-corrected chi connectivity index (χ1v) is 8.12. The lowest BCUT2D eigenvalue weighted by Crippen LogP contribution is -2.29. The average molecular weight is 248 g/mol. The van der Waals surface area contributed by atoms with Crippen molar-refractivity contribution < 1.29 is 0 Å². The Kier molecular flexibility index (Phi) is 3.91. The third kappa shape index (κ3) is 2.89. The molecule has 0 spiro atoms. The monoisotopic (exact) mass is 248 g/mol. The molecule has 1 N–H and O–H groups in total. The fraction of sp³-hybridized carbons (Fsp3) is 0.938. The average Bonchev–Trinajstić information content (AvgIpc) is 2.81. The van der Waals surface area contributed by atoms with Crippen molar-refractivity contribution in [2.24, 2.45) is 22.9 Å². The normalized spacial score (nSPS) is 40.4. The number of hydrazone groups is 1. The molecule has 3 aliphatic carbocycles. The lowest BCUT2D eigenvalue weighted by Gasteiger charge is -2.25. The van der Waals surface area contributed by atoms with E-state index in [0.29, 0.717) is 6.04 Å². The van der Waals surface area contributed by atoms with Crippen LogP contribution in [0.4, 0.5) is 0 Å². The number of rotatable bonds is 2. The van der Waals surface area contributed by atoms with Gasteiger partial charge in [-0.3, -0.25) is 0 Å². The Bertz CT molecular complexity index is 286. The second kappa shape index (κ2) is 5.63. The first-order valence-electron chi connectivity index (χ1n) is 8.12. The molecule has 0 amide bonds. The molecule has 2 heteroatoms. The molecule has 3 saturated carbocycles. The topological polar surface area (TPSA) is 24.4 Å². The van der Waals surface area contributed by atoms with Crippen LogP contribution < -0.4 is 5.43 Å². The van der Waals surface area contributed by atoms with Gasteiger partial charge in [-0.15, -0.1) is 0 Å². The number of nitrogens with one attached hydrogen (secondary N) is 1. The molecule has 0 aliphatic heterocycles. The Labute approximate surface area is 112 Å². The molecule has 2 atom stereocenters. The van der Waals surface area contributed by atoms with Crippen LogP contribution in [-0.2, 0) is 0 Å². The molecule has 2 unspecified atom stereocenters. The predicted octanol–water partition coefficient (Wildman–Crippen LogP) is 4.11. The van der Waals surface area contributed by atoms with Crippen molar-refractivity contribution in [2.45, 2.75) is 77.2 Å². The first kappa shape index (κ1) is 12.5. The molecule has 0 radical (unpaired) electrons. The highest BCUT2D eigenvalue weighted by molar-refractivity contribution is 5.86. The van der Waals surface area contributed by atoms with Gasteiger partial charge in [-0.2, -0.15) is 5.10 Å². The van der Waals surface area contributed by atoms with Crippen molar-refractivity contribution in [3.05, 3.63) is 0 Å². The molecular formula is C16H28N2. The summed E-state index contributed by atoms with van der Waals surface area (Å²) >= 11 is 0. The highest BCUT2D eigenvalue weighted by atomic mass is 15.3. The van der Waals surface area contributed by atoms with Gasteiger partial charge in [0, 0.05) is 11.8 Å². The number of hydrogen-bond acceptors (Lipinski definition) is 2. The molecule has 3 rings (SSSR count). The number of fused-ring (bicyclic) bond motifs is 1. The smallest absolute Gasteiger partial charge is 0.0440 e. The van der Waals surface area contributed by atoms with Crippen LogP contribution in [0.5, 0.6) is 0 Å². The van der Waals surface area contributed by atoms with E-state index in [4.69, 9.17) is 5.10 Å². The Balaban J connectivity index is 1.48. The number of hydrogen-bond donors (Lipinski definition) is 1. The van der Waals surface area contributed by atoms with Crippen LogP contribution >= 0.6 is 0 Å². The molecule has 0 heterocycles. The van der Waals surface area contributed by atoms with E-state index >= 15 is 0 Å². The summed E-state index contributed by atoms with van der Waals surface area (Å²) in [4.78, 5) is 0. The first-order chi connectivity index (χ1) is 8.81. The summed E-state index contributed by atoms with van der Waals surface area (Å²) in [5, 5.41) is 4.76. The summed E-state index contributed by atoms with van der Waals surface area (Å²) in [5.41, 5.74) is 4.96. The van der Waals surface area contributed by atoms with Crippen LogP contribution in [0, 0.1) is 17.8 Å². The van der Waals surface area contributed by atoms with E-state index in [1.54, 1.807) is 0 Å². The van der Waals surface area contributed by atoms with Crippen LogP contribution in [0.15, 0.2) is 5.10 Å². The van der Waals surface area contributed by atoms with Crippen molar-refractivity contribution in [3.8, 4) is 0 Å². The summed E-state index contributed by atoms with van der Waals surface area (Å²) in [7, 11) is 0. The van der Waals surface area contributed by atoms with Crippen LogP contribution in [0.1, 0.15) is 71.1 Å². The minimum absolute atomic E-state index is 0.663. The van der Waals surface area contributed by atoms with Gasteiger partial charge in [-0.05, 0) is 69.1 Å². The zero-order valence-electron chi connectivity index (χ0n) is 11.8. The van der Waals surface area contributed by atoms with E-state index in [2.05, 4.69) is 12.3 Å². The lowest BCUT2D eigenvalue weighted by molar-refractivity contribution is 0.277. The van der Waals surface area contributed by atoms with Crippen LogP contribution in [0.2, 0.25) is 0 Å². The van der Waals surface area contributed by atoms with E-state index < -0.39 is 0 Å². The maximum Gasteiger partial charge on any atom is 0.0440 e. The largest absolute Gasteiger partial charge is 0.307 e. The van der Waals surface area contributed by atoms with Crippen LogP contribution in [0.25, 0.3) is 0 Å². The van der Waals surface area contributed by atoms with Gasteiger partial charge in [0.2, 0.25) is 0 Å². The second-order valence-electron chi connectivity index (χ2n) is 6.98. The molecule has 0 bridgehead atoms. The highest BCUT2D eigenvalue weighted by Gasteiger charge is 2.33. The molecule has 3 aliphatic rings. The van der Waals surface area contributed by atoms with Crippen molar-refractivity contribution in [1.29, 1.82) is 0 Å². The standard InChI is InChI=1S/C16H28N2/c1-12-6-8-15(9-7-12)17-18-16-10-13-4-2-3-5-14(13)11-16/h12-15,17H,2-11H2,1H3. The maximum atomic E-state index is 4.76. The second-order valence-corrected chi connectivity index (χ2v) is 6.98. The molecule has 0 saturated heterocycles. The Morgan fingerprint density at radius 1 is 0.889 bits per heavy atom. The number of nitrogens with zero attached hydrogens (tertiary/aromatic N) is 1. The summed E-state index contributed by atoms with van der Waals surface area (Å²) in [6.45, 7) is 2.38. The maximum absolute atomic E-state index is 4.76. The van der Waals surface area contributed by atoms with Gasteiger partial charge in [0.05, 0.1) is 0 Å². The molecule has 18 heavy (non-hydrogen) atoms. The Morgan fingerprint density at radius 2 is 1.50 bits per heavy atom. The summed E-state index contributed by atoms with van der Waals surface area (Å²) in [6, 6.07) is 0.663. The van der Waals surface area contributed by atoms with Crippen molar-refractivity contribution >= 4 is 5.71 Å². The van der Waals surface area contributed by atoms with E-state index in [1.807, 2.05) is 0 Å². The predicted molar refractivity (Wildman–Crippen MR) is 76.7 cm³/mol. The van der Waals surface area contributed by atoms with Gasteiger partial charge in [0.15, 0.2) is 0 Å². The quantitative estimate of drug-likeness (QED) is 0.731. The van der Waals surface area contributed by atoms with Crippen molar-refractivity contribution in [1.82, 2.24) is 5.43 Å². The van der Waals surface area contributed by atoms with Gasteiger partial charge in [0.1, 0.15) is 0 Å². The summed E-state index contributed by atoms with van der Waals surface area (Å²) in [5.74, 6) is 2.89. The minimum atomic E-state index is 0.663. The van der Waals surface area contributed by atoms with Crippen molar-refractivity contribution in [3.63, 3.8) is 0 Å². The molecule has 0 aromatic heterocycles. The van der Waals surface area contributed by atoms with Crippen molar-refractivity contribution in [2.75, 3.05) is 0 Å².